The number of carbonyl (C=O) groups is 1. The van der Waals surface area contributed by atoms with Gasteiger partial charge in [-0.2, -0.15) is 9.78 Å². The molecule has 0 unspecified atom stereocenters. The van der Waals surface area contributed by atoms with Crippen molar-refractivity contribution in [3.8, 4) is 39.8 Å². The highest BCUT2D eigenvalue weighted by Gasteiger charge is 2.20. The monoisotopic (exact) mass is 443 g/mol. The maximum Gasteiger partial charge on any atom is 0.342 e. The average Bonchev–Trinajstić information content (AvgIpc) is 3.29. The van der Waals surface area contributed by atoms with Crippen LogP contribution in [0.4, 0.5) is 4.79 Å². The van der Waals surface area contributed by atoms with Gasteiger partial charge in [-0.1, -0.05) is 42.0 Å². The fourth-order valence-corrected chi connectivity index (χ4v) is 3.57. The van der Waals surface area contributed by atoms with Crippen LogP contribution in [-0.2, 0) is 6.54 Å². The Balaban J connectivity index is 1.77. The Labute approximate surface area is 192 Å². The molecule has 0 aliphatic carbocycles. The molecule has 0 spiro atoms. The van der Waals surface area contributed by atoms with Crippen LogP contribution >= 0.6 is 0 Å². The zero-order valence-electron chi connectivity index (χ0n) is 18.7. The van der Waals surface area contributed by atoms with E-state index >= 15 is 0 Å². The molecule has 0 atom stereocenters. The Hall–Kier alpha value is -4.26. The second kappa shape index (κ2) is 9.48. The van der Waals surface area contributed by atoms with Crippen LogP contribution in [0.25, 0.3) is 22.5 Å². The number of benzene rings is 3. The third-order valence-corrected chi connectivity index (χ3v) is 5.30. The van der Waals surface area contributed by atoms with Crippen molar-refractivity contribution in [1.29, 1.82) is 0 Å². The van der Waals surface area contributed by atoms with E-state index in [1.165, 1.54) is 4.68 Å². The van der Waals surface area contributed by atoms with Gasteiger partial charge in [0.1, 0.15) is 5.75 Å². The molecule has 168 valence electrons. The lowest BCUT2D eigenvalue weighted by Crippen LogP contribution is -2.29. The van der Waals surface area contributed by atoms with Crippen molar-refractivity contribution in [2.45, 2.75) is 13.5 Å². The summed E-state index contributed by atoms with van der Waals surface area (Å²) in [5.41, 5.74) is 4.24. The van der Waals surface area contributed by atoms with E-state index in [-0.39, 0.29) is 11.8 Å². The molecule has 0 saturated carbocycles. The number of nitrogens with zero attached hydrogens (tertiary/aromatic N) is 2. The molecule has 0 aliphatic heterocycles. The highest BCUT2D eigenvalue weighted by molar-refractivity contribution is 5.85. The van der Waals surface area contributed by atoms with Gasteiger partial charge < -0.3 is 19.9 Å². The van der Waals surface area contributed by atoms with Crippen LogP contribution in [-0.4, -0.2) is 35.1 Å². The normalized spacial score (nSPS) is 10.6. The summed E-state index contributed by atoms with van der Waals surface area (Å²) in [7, 11) is 3.12. The number of ether oxygens (including phenoxy) is 2. The molecule has 3 aromatic carbocycles. The minimum atomic E-state index is -0.387. The molecule has 4 aromatic rings. The maximum atomic E-state index is 13.2. The van der Waals surface area contributed by atoms with Crippen LogP contribution in [0.5, 0.6) is 17.2 Å². The van der Waals surface area contributed by atoms with Gasteiger partial charge in [0.15, 0.2) is 11.5 Å². The Morgan fingerprint density at radius 1 is 0.970 bits per heavy atom. The van der Waals surface area contributed by atoms with E-state index < -0.39 is 0 Å². The van der Waals surface area contributed by atoms with Crippen molar-refractivity contribution in [2.75, 3.05) is 14.2 Å². The summed E-state index contributed by atoms with van der Waals surface area (Å²) in [4.78, 5) is 13.2. The number of hydrogen-bond donors (Lipinski definition) is 2. The van der Waals surface area contributed by atoms with Crippen molar-refractivity contribution in [3.05, 3.63) is 83.9 Å². The van der Waals surface area contributed by atoms with Crippen LogP contribution in [0.3, 0.4) is 0 Å². The number of phenols is 1. The van der Waals surface area contributed by atoms with Gasteiger partial charge in [-0.3, -0.25) is 0 Å². The highest BCUT2D eigenvalue weighted by atomic mass is 16.5. The molecular formula is C26H25N3O4. The van der Waals surface area contributed by atoms with Crippen molar-refractivity contribution < 1.29 is 19.4 Å². The Morgan fingerprint density at radius 2 is 1.73 bits per heavy atom. The largest absolute Gasteiger partial charge is 0.507 e. The first-order valence-electron chi connectivity index (χ1n) is 10.4. The molecule has 7 heteroatoms. The van der Waals surface area contributed by atoms with Crippen LogP contribution in [0, 0.1) is 6.92 Å². The van der Waals surface area contributed by atoms with E-state index in [1.54, 1.807) is 38.5 Å². The third-order valence-electron chi connectivity index (χ3n) is 5.30. The van der Waals surface area contributed by atoms with Gasteiger partial charge in [0.25, 0.3) is 0 Å². The summed E-state index contributed by atoms with van der Waals surface area (Å²) in [6.45, 7) is 2.29. The Kier molecular flexibility index (Phi) is 6.31. The van der Waals surface area contributed by atoms with Crippen molar-refractivity contribution in [1.82, 2.24) is 15.1 Å². The SMILES string of the molecule is COc1ccc(-c2cc(-c3cc(C)ccc3O)nn2C(=O)NCc2ccccc2)cc1OC. The summed E-state index contributed by atoms with van der Waals surface area (Å²) in [6.07, 6.45) is 0. The molecule has 0 bridgehead atoms. The van der Waals surface area contributed by atoms with Crippen LogP contribution < -0.4 is 14.8 Å². The quantitative estimate of drug-likeness (QED) is 0.438. The molecule has 1 aromatic heterocycles. The predicted molar refractivity (Wildman–Crippen MR) is 127 cm³/mol. The number of nitrogens with one attached hydrogen (secondary N) is 1. The molecule has 0 radical (unpaired) electrons. The van der Waals surface area contributed by atoms with Gasteiger partial charge in [-0.25, -0.2) is 4.79 Å². The lowest BCUT2D eigenvalue weighted by atomic mass is 10.1. The first kappa shape index (κ1) is 22.0. The third kappa shape index (κ3) is 4.67. The minimum Gasteiger partial charge on any atom is -0.507 e. The number of methoxy groups -OCH3 is 2. The summed E-state index contributed by atoms with van der Waals surface area (Å²) in [5, 5.41) is 17.9. The van der Waals surface area contributed by atoms with E-state index in [2.05, 4.69) is 10.4 Å². The lowest BCUT2D eigenvalue weighted by molar-refractivity contribution is 0.239. The summed E-state index contributed by atoms with van der Waals surface area (Å²) in [5.74, 6) is 1.21. The van der Waals surface area contributed by atoms with Crippen LogP contribution in [0.1, 0.15) is 11.1 Å². The van der Waals surface area contributed by atoms with Gasteiger partial charge in [-0.15, -0.1) is 0 Å². The smallest absolute Gasteiger partial charge is 0.342 e. The number of aryl methyl sites for hydroxylation is 1. The fourth-order valence-electron chi connectivity index (χ4n) is 3.57. The van der Waals surface area contributed by atoms with Crippen molar-refractivity contribution in [3.63, 3.8) is 0 Å². The Morgan fingerprint density at radius 3 is 2.45 bits per heavy atom. The van der Waals surface area contributed by atoms with Gasteiger partial charge in [0, 0.05) is 17.7 Å². The lowest BCUT2D eigenvalue weighted by Gasteiger charge is -2.11. The van der Waals surface area contributed by atoms with Crippen molar-refractivity contribution in [2.24, 2.45) is 0 Å². The molecule has 33 heavy (non-hydrogen) atoms. The Bertz CT molecular complexity index is 1280. The van der Waals surface area contributed by atoms with E-state index in [1.807, 2.05) is 55.5 Å². The number of phenolic OH excluding ortho intramolecular Hbond substituents is 1. The number of carbonyl (C=O) groups excluding carboxylic acids is 1. The number of amides is 1. The zero-order valence-corrected chi connectivity index (χ0v) is 18.7. The summed E-state index contributed by atoms with van der Waals surface area (Å²) in [6, 6.07) is 21.7. The zero-order chi connectivity index (χ0) is 23.4. The standard InChI is InChI=1S/C26H25N3O4/c1-17-9-11-23(30)20(13-17)21-15-22(19-10-12-24(32-2)25(14-19)33-3)29(28-21)26(31)27-16-18-7-5-4-6-8-18/h4-15,30H,16H2,1-3H3,(H,27,31). The van der Waals surface area contributed by atoms with E-state index in [4.69, 9.17) is 9.47 Å². The van der Waals surface area contributed by atoms with Crippen LogP contribution in [0.15, 0.2) is 72.8 Å². The number of rotatable bonds is 6. The minimum absolute atomic E-state index is 0.0915. The molecule has 0 saturated heterocycles. The molecule has 0 fully saturated rings. The molecule has 2 N–H and O–H groups in total. The van der Waals surface area contributed by atoms with Gasteiger partial charge in [0.05, 0.1) is 25.6 Å². The van der Waals surface area contributed by atoms with Gasteiger partial charge in [0.2, 0.25) is 0 Å². The summed E-state index contributed by atoms with van der Waals surface area (Å²) >= 11 is 0. The second-order valence-corrected chi connectivity index (χ2v) is 7.56. The molecule has 1 heterocycles. The first-order valence-corrected chi connectivity index (χ1v) is 10.4. The topological polar surface area (TPSA) is 85.6 Å². The molecule has 1 amide bonds. The number of aromatic nitrogens is 2. The van der Waals surface area contributed by atoms with Gasteiger partial charge >= 0.3 is 6.03 Å². The van der Waals surface area contributed by atoms with Gasteiger partial charge in [-0.05, 0) is 48.9 Å². The average molecular weight is 444 g/mol. The highest BCUT2D eigenvalue weighted by Crippen LogP contribution is 2.36. The number of aromatic hydroxyl groups is 1. The van der Waals surface area contributed by atoms with E-state index in [9.17, 15) is 9.90 Å². The molecule has 4 rings (SSSR count). The van der Waals surface area contributed by atoms with Crippen molar-refractivity contribution >= 4 is 6.03 Å². The van der Waals surface area contributed by atoms with E-state index in [0.717, 1.165) is 11.1 Å². The molecular weight excluding hydrogens is 418 g/mol. The van der Waals surface area contributed by atoms with E-state index in [0.29, 0.717) is 40.6 Å². The first-order chi connectivity index (χ1) is 16.0. The fraction of sp³-hybridized carbons (Fsp3) is 0.154. The molecule has 7 nitrogen and oxygen atoms in total. The number of hydrogen-bond acceptors (Lipinski definition) is 5. The maximum absolute atomic E-state index is 13.2. The predicted octanol–water partition coefficient (Wildman–Crippen LogP) is 5.01. The summed E-state index contributed by atoms with van der Waals surface area (Å²) < 4.78 is 12.1. The molecule has 0 aliphatic rings. The van der Waals surface area contributed by atoms with Crippen LogP contribution in [0.2, 0.25) is 0 Å². The second-order valence-electron chi connectivity index (χ2n) is 7.56.